The first-order valence-electron chi connectivity index (χ1n) is 5.76. The molecule has 0 unspecified atom stereocenters. The second kappa shape index (κ2) is 7.39. The molecule has 0 aliphatic carbocycles. The molecular formula is C12H14F5NO2. The van der Waals surface area contributed by atoms with Crippen LogP contribution in [0.2, 0.25) is 0 Å². The van der Waals surface area contributed by atoms with Crippen molar-refractivity contribution < 1.29 is 31.8 Å². The van der Waals surface area contributed by atoms with Gasteiger partial charge in [-0.15, -0.1) is 13.2 Å². The van der Waals surface area contributed by atoms with Crippen molar-refractivity contribution in [1.82, 2.24) is 4.90 Å². The fourth-order valence-electron chi connectivity index (χ4n) is 1.63. The van der Waals surface area contributed by atoms with Crippen molar-refractivity contribution in [1.29, 1.82) is 0 Å². The van der Waals surface area contributed by atoms with Crippen molar-refractivity contribution in [3.05, 3.63) is 29.8 Å². The van der Waals surface area contributed by atoms with Gasteiger partial charge in [-0.1, -0.05) is 12.1 Å². The standard InChI is InChI=1S/C12H14F5NO2/c13-11(14)8-18(5-6-19)7-9-1-3-10(4-2-9)20-12(15,16)17/h1-4,11,19H,5-8H2. The van der Waals surface area contributed by atoms with E-state index in [1.54, 1.807) is 0 Å². The SMILES string of the molecule is OCCN(Cc1ccc(OC(F)(F)F)cc1)CC(F)F. The Morgan fingerprint density at radius 2 is 1.75 bits per heavy atom. The Labute approximate surface area is 112 Å². The molecule has 0 aliphatic heterocycles. The number of nitrogens with zero attached hydrogens (tertiary/aromatic N) is 1. The quantitative estimate of drug-likeness (QED) is 0.786. The highest BCUT2D eigenvalue weighted by atomic mass is 19.4. The van der Waals surface area contributed by atoms with Crippen molar-refractivity contribution in [3.63, 3.8) is 0 Å². The molecule has 1 N–H and O–H groups in total. The minimum atomic E-state index is -4.76. The number of aliphatic hydroxyl groups is 1. The molecular weight excluding hydrogens is 285 g/mol. The summed E-state index contributed by atoms with van der Waals surface area (Å²) in [4.78, 5) is 1.31. The summed E-state index contributed by atoms with van der Waals surface area (Å²) in [7, 11) is 0. The zero-order valence-corrected chi connectivity index (χ0v) is 10.4. The van der Waals surface area contributed by atoms with Gasteiger partial charge >= 0.3 is 6.36 Å². The van der Waals surface area contributed by atoms with E-state index in [9.17, 15) is 22.0 Å². The molecule has 0 aromatic heterocycles. The van der Waals surface area contributed by atoms with Crippen LogP contribution in [-0.2, 0) is 6.54 Å². The van der Waals surface area contributed by atoms with Crippen molar-refractivity contribution in [2.75, 3.05) is 19.7 Å². The summed E-state index contributed by atoms with van der Waals surface area (Å²) in [6.07, 6.45) is -7.31. The molecule has 1 aromatic carbocycles. The van der Waals surface area contributed by atoms with Crippen LogP contribution in [0.3, 0.4) is 0 Å². The molecule has 0 fully saturated rings. The lowest BCUT2D eigenvalue weighted by atomic mass is 10.2. The molecule has 8 heteroatoms. The number of rotatable bonds is 7. The van der Waals surface area contributed by atoms with E-state index in [0.29, 0.717) is 5.56 Å². The number of hydrogen-bond acceptors (Lipinski definition) is 3. The van der Waals surface area contributed by atoms with E-state index in [2.05, 4.69) is 4.74 Å². The number of aliphatic hydroxyl groups excluding tert-OH is 1. The van der Waals surface area contributed by atoms with Gasteiger partial charge in [0.1, 0.15) is 5.75 Å². The Kier molecular flexibility index (Phi) is 6.15. The average molecular weight is 299 g/mol. The lowest BCUT2D eigenvalue weighted by molar-refractivity contribution is -0.274. The van der Waals surface area contributed by atoms with Gasteiger partial charge in [0.25, 0.3) is 6.43 Å². The van der Waals surface area contributed by atoms with Crippen LogP contribution in [0.25, 0.3) is 0 Å². The third-order valence-corrected chi connectivity index (χ3v) is 2.38. The first-order valence-corrected chi connectivity index (χ1v) is 5.76. The summed E-state index contributed by atoms with van der Waals surface area (Å²) in [6.45, 7) is -0.619. The summed E-state index contributed by atoms with van der Waals surface area (Å²) in [5.74, 6) is -0.371. The third-order valence-electron chi connectivity index (χ3n) is 2.38. The average Bonchev–Trinajstić information content (AvgIpc) is 2.29. The van der Waals surface area contributed by atoms with Gasteiger partial charge in [-0.3, -0.25) is 4.90 Å². The summed E-state index contributed by atoms with van der Waals surface area (Å²) >= 11 is 0. The Hall–Kier alpha value is -1.41. The normalized spacial score (nSPS) is 12.2. The van der Waals surface area contributed by atoms with Crippen LogP contribution in [0, 0.1) is 0 Å². The van der Waals surface area contributed by atoms with Crippen LogP contribution in [0.1, 0.15) is 5.56 Å². The Morgan fingerprint density at radius 3 is 2.20 bits per heavy atom. The van der Waals surface area contributed by atoms with Crippen LogP contribution < -0.4 is 4.74 Å². The Morgan fingerprint density at radius 1 is 1.15 bits per heavy atom. The van der Waals surface area contributed by atoms with E-state index in [-0.39, 0.29) is 25.4 Å². The summed E-state index contributed by atoms with van der Waals surface area (Å²) in [5, 5.41) is 8.77. The molecule has 0 saturated heterocycles. The molecule has 0 heterocycles. The highest BCUT2D eigenvalue weighted by molar-refractivity contribution is 5.27. The zero-order valence-electron chi connectivity index (χ0n) is 10.4. The molecule has 20 heavy (non-hydrogen) atoms. The van der Waals surface area contributed by atoms with Gasteiger partial charge < -0.3 is 9.84 Å². The van der Waals surface area contributed by atoms with Crippen LogP contribution in [-0.4, -0.2) is 42.5 Å². The van der Waals surface area contributed by atoms with Crippen LogP contribution >= 0.6 is 0 Å². The summed E-state index contributed by atoms with van der Waals surface area (Å²) in [6, 6.07) is 4.94. The third kappa shape index (κ3) is 6.67. The van der Waals surface area contributed by atoms with Crippen molar-refractivity contribution >= 4 is 0 Å². The number of ether oxygens (including phenoxy) is 1. The molecule has 114 valence electrons. The molecule has 0 saturated carbocycles. The van der Waals surface area contributed by atoms with Gasteiger partial charge in [0.15, 0.2) is 0 Å². The maximum Gasteiger partial charge on any atom is 0.573 e. The number of halogens is 5. The minimum absolute atomic E-state index is 0.0607. The maximum absolute atomic E-state index is 12.3. The highest BCUT2D eigenvalue weighted by Gasteiger charge is 2.30. The lowest BCUT2D eigenvalue weighted by Crippen LogP contribution is -2.31. The highest BCUT2D eigenvalue weighted by Crippen LogP contribution is 2.23. The van der Waals surface area contributed by atoms with Crippen molar-refractivity contribution in [2.24, 2.45) is 0 Å². The number of alkyl halides is 5. The summed E-state index contributed by atoms with van der Waals surface area (Å²) in [5.41, 5.74) is 0.550. The van der Waals surface area contributed by atoms with E-state index in [4.69, 9.17) is 5.11 Å². The molecule has 0 aliphatic rings. The Balaban J connectivity index is 2.62. The molecule has 0 amide bonds. The van der Waals surface area contributed by atoms with E-state index < -0.39 is 19.3 Å². The zero-order chi connectivity index (χ0) is 15.2. The monoisotopic (exact) mass is 299 g/mol. The smallest absolute Gasteiger partial charge is 0.406 e. The van der Waals surface area contributed by atoms with Crippen molar-refractivity contribution in [2.45, 2.75) is 19.3 Å². The largest absolute Gasteiger partial charge is 0.573 e. The predicted molar refractivity (Wildman–Crippen MR) is 61.5 cm³/mol. The van der Waals surface area contributed by atoms with Crippen LogP contribution in [0.15, 0.2) is 24.3 Å². The van der Waals surface area contributed by atoms with Gasteiger partial charge in [-0.25, -0.2) is 8.78 Å². The summed E-state index contributed by atoms with van der Waals surface area (Å²) < 4.78 is 64.1. The van der Waals surface area contributed by atoms with E-state index in [1.807, 2.05) is 0 Å². The fourth-order valence-corrected chi connectivity index (χ4v) is 1.63. The molecule has 1 rings (SSSR count). The van der Waals surface area contributed by atoms with E-state index in [1.165, 1.54) is 17.0 Å². The second-order valence-corrected chi connectivity index (χ2v) is 4.04. The first-order chi connectivity index (χ1) is 9.30. The van der Waals surface area contributed by atoms with Gasteiger partial charge in [0.2, 0.25) is 0 Å². The molecule has 0 radical (unpaired) electrons. The molecule has 3 nitrogen and oxygen atoms in total. The van der Waals surface area contributed by atoms with Gasteiger partial charge in [-0.2, -0.15) is 0 Å². The number of hydrogen-bond donors (Lipinski definition) is 1. The van der Waals surface area contributed by atoms with Gasteiger partial charge in [-0.05, 0) is 17.7 Å². The lowest BCUT2D eigenvalue weighted by Gasteiger charge is -2.21. The Bertz CT molecular complexity index is 394. The number of benzene rings is 1. The van der Waals surface area contributed by atoms with Crippen LogP contribution in [0.5, 0.6) is 5.75 Å². The molecule has 1 aromatic rings. The maximum atomic E-state index is 12.3. The van der Waals surface area contributed by atoms with Crippen molar-refractivity contribution in [3.8, 4) is 5.75 Å². The van der Waals surface area contributed by atoms with E-state index >= 15 is 0 Å². The van der Waals surface area contributed by atoms with Gasteiger partial charge in [0, 0.05) is 13.1 Å². The minimum Gasteiger partial charge on any atom is -0.406 e. The fraction of sp³-hybridized carbons (Fsp3) is 0.500. The van der Waals surface area contributed by atoms with Gasteiger partial charge in [0.05, 0.1) is 13.2 Å². The topological polar surface area (TPSA) is 32.7 Å². The molecule has 0 atom stereocenters. The molecule has 0 spiro atoms. The van der Waals surface area contributed by atoms with Crippen LogP contribution in [0.4, 0.5) is 22.0 Å². The molecule has 0 bridgehead atoms. The van der Waals surface area contributed by atoms with E-state index in [0.717, 1.165) is 12.1 Å². The predicted octanol–water partition coefficient (Wildman–Crippen LogP) is 2.64. The first kappa shape index (κ1) is 16.6. The second-order valence-electron chi connectivity index (χ2n) is 4.04.